The first-order valence-electron chi connectivity index (χ1n) is 3.63. The van der Waals surface area contributed by atoms with Crippen molar-refractivity contribution in [3.05, 3.63) is 23.4 Å². The largest absolute Gasteiger partial charge is 0.421 e. The van der Waals surface area contributed by atoms with E-state index in [1.54, 1.807) is 0 Å². The molecule has 1 N–H and O–H groups in total. The Balaban J connectivity index is 3.24. The first-order chi connectivity index (χ1) is 7.05. The van der Waals surface area contributed by atoms with E-state index in [-0.39, 0.29) is 0 Å². The average molecular weight is 252 g/mol. The summed E-state index contributed by atoms with van der Waals surface area (Å²) in [5.41, 5.74) is -2.59. The molecule has 0 saturated carbocycles. The highest BCUT2D eigenvalue weighted by Gasteiger charge is 2.51. The van der Waals surface area contributed by atoms with Gasteiger partial charge >= 0.3 is 12.4 Å². The van der Waals surface area contributed by atoms with Crippen molar-refractivity contribution in [1.82, 2.24) is 5.32 Å². The molecule has 1 nitrogen and oxygen atoms in total. The second-order valence-corrected chi connectivity index (χ2v) is 2.78. The molecule has 1 aliphatic rings. The van der Waals surface area contributed by atoms with Crippen LogP contribution in [0.3, 0.4) is 0 Å². The van der Waals surface area contributed by atoms with E-state index in [1.807, 2.05) is 0 Å². The lowest BCUT2D eigenvalue weighted by molar-refractivity contribution is -0.152. The van der Waals surface area contributed by atoms with Gasteiger partial charge in [0.15, 0.2) is 11.9 Å². The zero-order chi connectivity index (χ0) is 12.7. The molecule has 1 radical (unpaired) electrons. The fraction of sp³-hybridized carbons (Fsp3) is 0.429. The van der Waals surface area contributed by atoms with Gasteiger partial charge in [-0.05, 0) is 0 Å². The van der Waals surface area contributed by atoms with E-state index < -0.39 is 35.6 Å². The van der Waals surface area contributed by atoms with Crippen LogP contribution in [0.25, 0.3) is 0 Å². The molecular weight excluding hydrogens is 250 g/mol. The van der Waals surface area contributed by atoms with Crippen molar-refractivity contribution >= 4 is 0 Å². The second-order valence-electron chi connectivity index (χ2n) is 2.78. The molecule has 0 aromatic carbocycles. The second kappa shape index (κ2) is 3.63. The maximum absolute atomic E-state index is 12.8. The Labute approximate surface area is 83.4 Å². The molecule has 0 spiro atoms. The highest BCUT2D eigenvalue weighted by Crippen LogP contribution is 2.40. The molecule has 1 aliphatic heterocycles. The van der Waals surface area contributed by atoms with Crippen LogP contribution in [0.15, 0.2) is 17.2 Å². The summed E-state index contributed by atoms with van der Waals surface area (Å²) in [6.45, 7) is 0. The van der Waals surface area contributed by atoms with Crippen molar-refractivity contribution in [3.63, 3.8) is 0 Å². The lowest BCUT2D eigenvalue weighted by atomic mass is 10.1. The van der Waals surface area contributed by atoms with Crippen LogP contribution in [0.5, 0.6) is 0 Å². The van der Waals surface area contributed by atoms with Gasteiger partial charge in [0.2, 0.25) is 0 Å². The van der Waals surface area contributed by atoms with Crippen molar-refractivity contribution in [2.24, 2.45) is 0 Å². The minimum atomic E-state index is -5.55. The Morgan fingerprint density at radius 1 is 1.00 bits per heavy atom. The van der Waals surface area contributed by atoms with E-state index in [0.29, 0.717) is 0 Å². The van der Waals surface area contributed by atoms with Gasteiger partial charge in [-0.3, -0.25) is 0 Å². The number of nitrogens with one attached hydrogen (secondary N) is 1. The molecule has 9 heteroatoms. The van der Waals surface area contributed by atoms with Crippen molar-refractivity contribution in [1.29, 1.82) is 0 Å². The van der Waals surface area contributed by atoms with Crippen LogP contribution >= 0.6 is 0 Å². The monoisotopic (exact) mass is 252 g/mol. The van der Waals surface area contributed by atoms with Crippen molar-refractivity contribution < 1.29 is 35.1 Å². The molecule has 1 atom stereocenters. The fourth-order valence-electron chi connectivity index (χ4n) is 0.996. The van der Waals surface area contributed by atoms with E-state index in [0.717, 1.165) is 11.5 Å². The summed E-state index contributed by atoms with van der Waals surface area (Å²) in [5.74, 6) is -4.90. The summed E-state index contributed by atoms with van der Waals surface area (Å²) in [6.07, 6.45) is -9.87. The Hall–Kier alpha value is -1.28. The van der Waals surface area contributed by atoms with Gasteiger partial charge in [0.25, 0.3) is 0 Å². The zero-order valence-electron chi connectivity index (χ0n) is 7.10. The number of alkyl halides is 6. The van der Waals surface area contributed by atoms with Gasteiger partial charge in [-0.25, -0.2) is 8.78 Å². The van der Waals surface area contributed by atoms with Gasteiger partial charge in [-0.15, -0.1) is 0 Å². The summed E-state index contributed by atoms with van der Waals surface area (Å²) in [6, 6.07) is -3.23. The van der Waals surface area contributed by atoms with E-state index in [4.69, 9.17) is 0 Å². The summed E-state index contributed by atoms with van der Waals surface area (Å²) in [5, 5.41) is 1.04. The quantitative estimate of drug-likeness (QED) is 0.653. The molecule has 0 saturated heterocycles. The number of hydrogen-bond donors (Lipinski definition) is 1. The molecule has 0 aromatic rings. The number of rotatable bonds is 0. The molecule has 91 valence electrons. The summed E-state index contributed by atoms with van der Waals surface area (Å²) in [4.78, 5) is 0. The lowest BCUT2D eigenvalue weighted by Crippen LogP contribution is -2.44. The van der Waals surface area contributed by atoms with Crippen molar-refractivity contribution in [2.75, 3.05) is 0 Å². The van der Waals surface area contributed by atoms with Crippen LogP contribution in [-0.2, 0) is 0 Å². The molecular formula is C7H2F8N. The molecule has 1 unspecified atom stereocenters. The number of dihydropyridines is 1. The SMILES string of the molecule is FC1=[C]NC(C(F)(F)F)C(F)=C1C(F)(F)F. The first kappa shape index (κ1) is 12.8. The van der Waals surface area contributed by atoms with Gasteiger partial charge in [0, 0.05) is 0 Å². The minimum Gasteiger partial charge on any atom is -0.364 e. The normalized spacial score (nSPS) is 23.0. The smallest absolute Gasteiger partial charge is 0.364 e. The number of halogens is 8. The van der Waals surface area contributed by atoms with Gasteiger partial charge in [0.05, 0.1) is 6.20 Å². The average Bonchev–Trinajstić information content (AvgIpc) is 1.97. The Kier molecular flexibility index (Phi) is 2.90. The third-order valence-corrected chi connectivity index (χ3v) is 1.65. The molecule has 0 bridgehead atoms. The Bertz CT molecular complexity index is 346. The standard InChI is InChI=1S/C7H2F8N/c8-2-1-16-5(7(13,14)15)4(9)3(2)6(10,11)12/h5,16H. The maximum Gasteiger partial charge on any atom is 0.421 e. The van der Waals surface area contributed by atoms with Crippen LogP contribution < -0.4 is 5.32 Å². The zero-order valence-corrected chi connectivity index (χ0v) is 7.10. The third kappa shape index (κ3) is 2.27. The number of allylic oxidation sites excluding steroid dienone is 2. The molecule has 1 heterocycles. The molecule has 16 heavy (non-hydrogen) atoms. The van der Waals surface area contributed by atoms with Crippen molar-refractivity contribution in [2.45, 2.75) is 18.4 Å². The van der Waals surface area contributed by atoms with Gasteiger partial charge in [-0.1, -0.05) is 0 Å². The van der Waals surface area contributed by atoms with E-state index in [2.05, 4.69) is 0 Å². The molecule has 1 rings (SSSR count). The summed E-state index contributed by atoms with van der Waals surface area (Å²) >= 11 is 0. The molecule has 0 amide bonds. The van der Waals surface area contributed by atoms with Gasteiger partial charge in [-0.2, -0.15) is 26.3 Å². The Morgan fingerprint density at radius 3 is 1.88 bits per heavy atom. The fourth-order valence-corrected chi connectivity index (χ4v) is 0.996. The van der Waals surface area contributed by atoms with Crippen molar-refractivity contribution in [3.8, 4) is 0 Å². The van der Waals surface area contributed by atoms with E-state index in [9.17, 15) is 35.1 Å². The minimum absolute atomic E-state index is 0.988. The van der Waals surface area contributed by atoms with Gasteiger partial charge < -0.3 is 5.32 Å². The summed E-state index contributed by atoms with van der Waals surface area (Å²) < 4.78 is 97.4. The molecule has 0 fully saturated rings. The van der Waals surface area contributed by atoms with Crippen LogP contribution in [0.2, 0.25) is 0 Å². The van der Waals surface area contributed by atoms with E-state index in [1.165, 1.54) is 0 Å². The van der Waals surface area contributed by atoms with Crippen LogP contribution in [-0.4, -0.2) is 18.4 Å². The predicted molar refractivity (Wildman–Crippen MR) is 35.0 cm³/mol. The first-order valence-corrected chi connectivity index (χ1v) is 3.63. The molecule has 0 aliphatic carbocycles. The highest BCUT2D eigenvalue weighted by molar-refractivity contribution is 5.36. The Morgan fingerprint density at radius 2 is 1.50 bits per heavy atom. The highest BCUT2D eigenvalue weighted by atomic mass is 19.4. The summed E-state index contributed by atoms with van der Waals surface area (Å²) in [7, 11) is 0. The van der Waals surface area contributed by atoms with Gasteiger partial charge in [0.1, 0.15) is 11.4 Å². The lowest BCUT2D eigenvalue weighted by Gasteiger charge is -2.24. The third-order valence-electron chi connectivity index (χ3n) is 1.65. The van der Waals surface area contributed by atoms with Crippen LogP contribution in [0.4, 0.5) is 35.1 Å². The molecule has 0 aromatic heterocycles. The predicted octanol–water partition coefficient (Wildman–Crippen LogP) is 2.92. The maximum atomic E-state index is 12.8. The number of hydrogen-bond acceptors (Lipinski definition) is 1. The van der Waals surface area contributed by atoms with Crippen LogP contribution in [0.1, 0.15) is 0 Å². The van der Waals surface area contributed by atoms with E-state index >= 15 is 0 Å². The van der Waals surface area contributed by atoms with Crippen LogP contribution in [0, 0.1) is 6.20 Å². The topological polar surface area (TPSA) is 12.0 Å².